The third kappa shape index (κ3) is 6.60. The minimum atomic E-state index is -0.611. The quantitative estimate of drug-likeness (QED) is 0.358. The first kappa shape index (κ1) is 25.2. The van der Waals surface area contributed by atoms with Crippen molar-refractivity contribution in [1.82, 2.24) is 15.5 Å². The number of rotatable bonds is 11. The minimum absolute atomic E-state index is 0.133. The average molecular weight is 489 g/mol. The van der Waals surface area contributed by atoms with Gasteiger partial charge in [0.15, 0.2) is 0 Å². The molecule has 1 unspecified atom stereocenters. The van der Waals surface area contributed by atoms with Gasteiger partial charge in [0, 0.05) is 19.6 Å². The highest BCUT2D eigenvalue weighted by molar-refractivity contribution is 6.02. The van der Waals surface area contributed by atoms with Crippen LogP contribution in [0.1, 0.15) is 28.8 Å². The summed E-state index contributed by atoms with van der Waals surface area (Å²) in [5.74, 6) is -0.434. The number of amides is 3. The van der Waals surface area contributed by atoms with E-state index < -0.39 is 11.8 Å². The van der Waals surface area contributed by atoms with Crippen LogP contribution in [0.2, 0.25) is 0 Å². The first-order valence-electron chi connectivity index (χ1n) is 12.3. The van der Waals surface area contributed by atoms with Crippen molar-refractivity contribution in [3.63, 3.8) is 0 Å². The highest BCUT2D eigenvalue weighted by atomic mass is 16.5. The van der Waals surface area contributed by atoms with Crippen molar-refractivity contribution in [1.29, 1.82) is 0 Å². The fourth-order valence-electron chi connectivity index (χ4n) is 4.39. The lowest BCUT2D eigenvalue weighted by molar-refractivity contribution is -0.135. The predicted octanol–water partition coefficient (Wildman–Crippen LogP) is 2.26. The molecule has 8 heteroatoms. The van der Waals surface area contributed by atoms with E-state index in [2.05, 4.69) is 10.6 Å². The molecule has 188 valence electrons. The normalized spacial score (nSPS) is 15.6. The van der Waals surface area contributed by atoms with Gasteiger partial charge >= 0.3 is 0 Å². The second-order valence-corrected chi connectivity index (χ2v) is 8.92. The van der Waals surface area contributed by atoms with Gasteiger partial charge < -0.3 is 26.0 Å². The molecule has 0 radical (unpaired) electrons. The Balaban J connectivity index is 1.31. The predicted molar refractivity (Wildman–Crippen MR) is 139 cm³/mol. The molecule has 1 saturated heterocycles. The number of piperazine rings is 1. The largest absolute Gasteiger partial charge is 0.493 e. The molecule has 3 amide bonds. The molecule has 0 bridgehead atoms. The third-order valence-corrected chi connectivity index (χ3v) is 6.26. The van der Waals surface area contributed by atoms with Crippen LogP contribution in [0.5, 0.6) is 5.75 Å². The van der Waals surface area contributed by atoms with E-state index in [1.165, 1.54) is 0 Å². The highest BCUT2D eigenvalue weighted by Gasteiger charge is 2.27. The maximum Gasteiger partial charge on any atom is 0.255 e. The number of benzene rings is 3. The zero-order chi connectivity index (χ0) is 25.3. The maximum atomic E-state index is 12.9. The van der Waals surface area contributed by atoms with Gasteiger partial charge in [-0.3, -0.25) is 14.4 Å². The van der Waals surface area contributed by atoms with Gasteiger partial charge in [-0.25, -0.2) is 0 Å². The van der Waals surface area contributed by atoms with Crippen molar-refractivity contribution in [2.24, 2.45) is 5.73 Å². The number of primary amides is 1. The summed E-state index contributed by atoms with van der Waals surface area (Å²) in [6.45, 7) is 2.30. The van der Waals surface area contributed by atoms with Gasteiger partial charge in [0.25, 0.3) is 5.91 Å². The second-order valence-electron chi connectivity index (χ2n) is 8.92. The van der Waals surface area contributed by atoms with Gasteiger partial charge in [-0.1, -0.05) is 54.6 Å². The SMILES string of the molecule is NC(=O)CNC(=O)c1cc2ccccc2cc1OCCCCN1CCNC(Cc2ccccc2)C1=O. The van der Waals surface area contributed by atoms with Crippen LogP contribution in [0.3, 0.4) is 0 Å². The average Bonchev–Trinajstić information content (AvgIpc) is 2.89. The van der Waals surface area contributed by atoms with E-state index in [0.717, 1.165) is 35.7 Å². The number of carbonyl (C=O) groups excluding carboxylic acids is 3. The summed E-state index contributed by atoms with van der Waals surface area (Å²) in [5.41, 5.74) is 6.66. The summed E-state index contributed by atoms with van der Waals surface area (Å²) in [6, 6.07) is 21.1. The third-order valence-electron chi connectivity index (χ3n) is 6.26. The summed E-state index contributed by atoms with van der Waals surface area (Å²) in [6.07, 6.45) is 2.21. The number of nitrogens with zero attached hydrogens (tertiary/aromatic N) is 1. The standard InChI is InChI=1S/C28H32N4O4/c29-26(33)19-31-27(34)23-17-21-10-4-5-11-22(21)18-25(23)36-15-7-6-13-32-14-12-30-24(28(32)35)16-20-8-2-1-3-9-20/h1-5,8-11,17-18,24,30H,6-7,12-16,19H2,(H2,29,33)(H,31,34). The summed E-state index contributed by atoms with van der Waals surface area (Å²) >= 11 is 0. The fraction of sp³-hybridized carbons (Fsp3) is 0.321. The molecule has 0 saturated carbocycles. The van der Waals surface area contributed by atoms with Crippen LogP contribution < -0.4 is 21.1 Å². The fourth-order valence-corrected chi connectivity index (χ4v) is 4.39. The molecule has 4 rings (SSSR count). The Morgan fingerprint density at radius 1 is 1.03 bits per heavy atom. The van der Waals surface area contributed by atoms with Crippen molar-refractivity contribution in [2.45, 2.75) is 25.3 Å². The molecule has 3 aromatic rings. The Morgan fingerprint density at radius 2 is 1.75 bits per heavy atom. The monoisotopic (exact) mass is 488 g/mol. The van der Waals surface area contributed by atoms with Gasteiger partial charge in [-0.05, 0) is 47.7 Å². The van der Waals surface area contributed by atoms with Crippen LogP contribution in [0, 0.1) is 0 Å². The topological polar surface area (TPSA) is 114 Å². The molecule has 8 nitrogen and oxygen atoms in total. The molecular weight excluding hydrogens is 456 g/mol. The molecule has 4 N–H and O–H groups in total. The Labute approximate surface area is 210 Å². The molecular formula is C28H32N4O4. The van der Waals surface area contributed by atoms with Gasteiger partial charge in [-0.2, -0.15) is 0 Å². The number of hydrogen-bond acceptors (Lipinski definition) is 5. The maximum absolute atomic E-state index is 12.9. The van der Waals surface area contributed by atoms with Crippen molar-refractivity contribution in [3.8, 4) is 5.75 Å². The van der Waals surface area contributed by atoms with E-state index in [-0.39, 0.29) is 18.5 Å². The summed E-state index contributed by atoms with van der Waals surface area (Å²) in [5, 5.41) is 7.72. The number of nitrogens with two attached hydrogens (primary N) is 1. The van der Waals surface area contributed by atoms with Crippen molar-refractivity contribution in [2.75, 3.05) is 32.8 Å². The van der Waals surface area contributed by atoms with E-state index in [0.29, 0.717) is 37.4 Å². The lowest BCUT2D eigenvalue weighted by Crippen LogP contribution is -2.56. The van der Waals surface area contributed by atoms with E-state index in [1.54, 1.807) is 6.07 Å². The van der Waals surface area contributed by atoms with Crippen LogP contribution in [0.25, 0.3) is 10.8 Å². The number of unbranched alkanes of at least 4 members (excludes halogenated alkanes) is 1. The van der Waals surface area contributed by atoms with Gasteiger partial charge in [0.1, 0.15) is 5.75 Å². The molecule has 0 aliphatic carbocycles. The molecule has 36 heavy (non-hydrogen) atoms. The Bertz CT molecular complexity index is 1210. The minimum Gasteiger partial charge on any atom is -0.493 e. The lowest BCUT2D eigenvalue weighted by Gasteiger charge is -2.33. The summed E-state index contributed by atoms with van der Waals surface area (Å²) < 4.78 is 6.00. The van der Waals surface area contributed by atoms with E-state index in [9.17, 15) is 14.4 Å². The second kappa shape index (κ2) is 12.2. The van der Waals surface area contributed by atoms with Crippen LogP contribution in [0.15, 0.2) is 66.7 Å². The van der Waals surface area contributed by atoms with Crippen LogP contribution in [-0.4, -0.2) is 61.4 Å². The molecule has 1 aliphatic rings. The lowest BCUT2D eigenvalue weighted by atomic mass is 10.0. The number of fused-ring (bicyclic) bond motifs is 1. The van der Waals surface area contributed by atoms with Crippen molar-refractivity contribution in [3.05, 3.63) is 77.9 Å². The molecule has 1 heterocycles. The summed E-state index contributed by atoms with van der Waals surface area (Å²) in [4.78, 5) is 38.6. The Morgan fingerprint density at radius 3 is 2.50 bits per heavy atom. The molecule has 0 spiro atoms. The van der Waals surface area contributed by atoms with Gasteiger partial charge in [0.05, 0.1) is 24.8 Å². The van der Waals surface area contributed by atoms with E-state index >= 15 is 0 Å². The first-order chi connectivity index (χ1) is 17.5. The van der Waals surface area contributed by atoms with Gasteiger partial charge in [-0.15, -0.1) is 0 Å². The molecule has 1 aliphatic heterocycles. The molecule has 1 atom stereocenters. The van der Waals surface area contributed by atoms with Crippen molar-refractivity contribution >= 4 is 28.5 Å². The van der Waals surface area contributed by atoms with Gasteiger partial charge in [0.2, 0.25) is 11.8 Å². The van der Waals surface area contributed by atoms with E-state index in [1.807, 2.05) is 65.6 Å². The number of nitrogens with one attached hydrogen (secondary N) is 2. The molecule has 1 fully saturated rings. The van der Waals surface area contributed by atoms with E-state index in [4.69, 9.17) is 10.5 Å². The highest BCUT2D eigenvalue weighted by Crippen LogP contribution is 2.26. The zero-order valence-corrected chi connectivity index (χ0v) is 20.2. The number of ether oxygens (including phenoxy) is 1. The number of carbonyl (C=O) groups is 3. The smallest absolute Gasteiger partial charge is 0.255 e. The van der Waals surface area contributed by atoms with Crippen LogP contribution in [0.4, 0.5) is 0 Å². The zero-order valence-electron chi connectivity index (χ0n) is 20.2. The Hall–Kier alpha value is -3.91. The number of hydrogen-bond donors (Lipinski definition) is 3. The summed E-state index contributed by atoms with van der Waals surface area (Å²) in [7, 11) is 0. The molecule has 3 aromatic carbocycles. The first-order valence-corrected chi connectivity index (χ1v) is 12.3. The Kier molecular flexibility index (Phi) is 8.52. The van der Waals surface area contributed by atoms with Crippen LogP contribution >= 0.6 is 0 Å². The molecule has 0 aromatic heterocycles. The van der Waals surface area contributed by atoms with Crippen molar-refractivity contribution < 1.29 is 19.1 Å². The van der Waals surface area contributed by atoms with Crippen LogP contribution in [-0.2, 0) is 16.0 Å².